The maximum Gasteiger partial charge on any atom is 0.433 e. The van der Waals surface area contributed by atoms with Gasteiger partial charge in [-0.2, -0.15) is 13.2 Å². The number of aliphatic hydroxyl groups excluding tert-OH is 1. The predicted molar refractivity (Wildman–Crippen MR) is 111 cm³/mol. The first kappa shape index (κ1) is 21.5. The second-order valence-electron chi connectivity index (χ2n) is 8.68. The highest BCUT2D eigenvalue weighted by Crippen LogP contribution is 2.48. The molecular formula is C21H27F3N4OS. The van der Waals surface area contributed by atoms with Crippen molar-refractivity contribution in [1.29, 1.82) is 0 Å². The van der Waals surface area contributed by atoms with Gasteiger partial charge in [-0.05, 0) is 69.8 Å². The van der Waals surface area contributed by atoms with Crippen LogP contribution in [0.3, 0.4) is 0 Å². The number of halogens is 3. The van der Waals surface area contributed by atoms with Crippen LogP contribution in [0, 0.1) is 6.92 Å². The van der Waals surface area contributed by atoms with E-state index in [4.69, 9.17) is 0 Å². The van der Waals surface area contributed by atoms with E-state index in [0.29, 0.717) is 17.8 Å². The fraction of sp³-hybridized carbons (Fsp3) is 0.571. The lowest BCUT2D eigenvalue weighted by atomic mass is 9.71. The monoisotopic (exact) mass is 440 g/mol. The van der Waals surface area contributed by atoms with E-state index in [1.807, 2.05) is 0 Å². The number of aromatic nitrogens is 1. The zero-order chi connectivity index (χ0) is 21.7. The van der Waals surface area contributed by atoms with Crippen molar-refractivity contribution in [3.05, 3.63) is 45.9 Å². The number of thiophene rings is 1. The summed E-state index contributed by atoms with van der Waals surface area (Å²) in [7, 11) is 4.22. The normalized spacial score (nSPS) is 29.9. The van der Waals surface area contributed by atoms with E-state index in [1.54, 1.807) is 23.2 Å². The molecule has 0 aromatic carbocycles. The number of aliphatic hydroxyl groups is 1. The molecule has 4 rings (SSSR count). The highest BCUT2D eigenvalue weighted by molar-refractivity contribution is 7.10. The van der Waals surface area contributed by atoms with Crippen molar-refractivity contribution < 1.29 is 18.3 Å². The molecule has 2 aromatic rings. The molecule has 2 aromatic heterocycles. The number of aryl methyl sites for hydroxylation is 1. The molecule has 1 unspecified atom stereocenters. The summed E-state index contributed by atoms with van der Waals surface area (Å²) in [6, 6.07) is 5.31. The first-order valence-electron chi connectivity index (χ1n) is 10.0. The third-order valence-electron chi connectivity index (χ3n) is 6.76. The Morgan fingerprint density at radius 3 is 2.50 bits per heavy atom. The molecule has 0 radical (unpaired) electrons. The van der Waals surface area contributed by atoms with Crippen molar-refractivity contribution >= 4 is 17.0 Å². The van der Waals surface area contributed by atoms with Crippen LogP contribution in [-0.2, 0) is 11.7 Å². The highest BCUT2D eigenvalue weighted by Gasteiger charge is 2.50. The Morgan fingerprint density at radius 1 is 1.27 bits per heavy atom. The van der Waals surface area contributed by atoms with Crippen LogP contribution < -0.4 is 10.2 Å². The van der Waals surface area contributed by atoms with Crippen LogP contribution in [-0.4, -0.2) is 47.5 Å². The van der Waals surface area contributed by atoms with E-state index in [0.717, 1.165) is 31.7 Å². The van der Waals surface area contributed by atoms with Gasteiger partial charge >= 0.3 is 6.18 Å². The Morgan fingerprint density at radius 2 is 1.97 bits per heavy atom. The Labute approximate surface area is 178 Å². The number of nitrogens with zero attached hydrogens (tertiary/aromatic N) is 3. The molecule has 0 amide bonds. The van der Waals surface area contributed by atoms with E-state index in [9.17, 15) is 18.3 Å². The molecule has 1 aliphatic carbocycles. The molecule has 30 heavy (non-hydrogen) atoms. The van der Waals surface area contributed by atoms with E-state index in [2.05, 4.69) is 46.8 Å². The number of anilines is 1. The second kappa shape index (κ2) is 7.47. The molecule has 1 saturated heterocycles. The van der Waals surface area contributed by atoms with Gasteiger partial charge in [-0.3, -0.25) is 10.2 Å². The molecule has 1 spiro atoms. The van der Waals surface area contributed by atoms with Gasteiger partial charge in [-0.1, -0.05) is 6.07 Å². The Balaban J connectivity index is 1.54. The van der Waals surface area contributed by atoms with Gasteiger partial charge < -0.3 is 10.0 Å². The van der Waals surface area contributed by atoms with Crippen LogP contribution in [0.15, 0.2) is 29.8 Å². The van der Waals surface area contributed by atoms with Gasteiger partial charge in [0.05, 0.1) is 17.4 Å². The molecular weight excluding hydrogens is 413 g/mol. The highest BCUT2D eigenvalue weighted by atomic mass is 32.1. The number of hydrogen-bond donors (Lipinski definition) is 2. The van der Waals surface area contributed by atoms with Gasteiger partial charge in [0.2, 0.25) is 0 Å². The summed E-state index contributed by atoms with van der Waals surface area (Å²) in [4.78, 5) is 8.96. The van der Waals surface area contributed by atoms with Crippen molar-refractivity contribution in [2.45, 2.75) is 56.2 Å². The summed E-state index contributed by atoms with van der Waals surface area (Å²) in [5.74, 6) is 0. The molecule has 2 fully saturated rings. The van der Waals surface area contributed by atoms with E-state index in [1.165, 1.54) is 11.1 Å². The third kappa shape index (κ3) is 3.62. The van der Waals surface area contributed by atoms with Crippen molar-refractivity contribution in [1.82, 2.24) is 15.2 Å². The van der Waals surface area contributed by atoms with Gasteiger partial charge in [0.1, 0.15) is 5.69 Å². The lowest BCUT2D eigenvalue weighted by Crippen LogP contribution is -2.54. The van der Waals surface area contributed by atoms with E-state index >= 15 is 0 Å². The van der Waals surface area contributed by atoms with Crippen molar-refractivity contribution in [3.63, 3.8) is 0 Å². The van der Waals surface area contributed by atoms with Gasteiger partial charge in [-0.15, -0.1) is 11.3 Å². The molecule has 1 aliphatic heterocycles. The third-order valence-corrected chi connectivity index (χ3v) is 7.82. The number of nitrogens with one attached hydrogen (secondary N) is 1. The average molecular weight is 441 g/mol. The summed E-state index contributed by atoms with van der Waals surface area (Å²) < 4.78 is 38.9. The fourth-order valence-electron chi connectivity index (χ4n) is 4.93. The van der Waals surface area contributed by atoms with Crippen LogP contribution in [0.4, 0.5) is 18.9 Å². The van der Waals surface area contributed by atoms with Crippen LogP contribution in [0.2, 0.25) is 0 Å². The predicted octanol–water partition coefficient (Wildman–Crippen LogP) is 3.93. The summed E-state index contributed by atoms with van der Waals surface area (Å²) in [5.41, 5.74) is -0.226. The summed E-state index contributed by atoms with van der Waals surface area (Å²) in [5, 5.41) is 16.1. The van der Waals surface area contributed by atoms with Gasteiger partial charge in [0.25, 0.3) is 0 Å². The van der Waals surface area contributed by atoms with Crippen LogP contribution in [0.1, 0.15) is 41.8 Å². The van der Waals surface area contributed by atoms with Crippen LogP contribution in [0.25, 0.3) is 0 Å². The molecule has 5 nitrogen and oxygen atoms in total. The maximum absolute atomic E-state index is 13.0. The first-order valence-corrected chi connectivity index (χ1v) is 10.9. The molecule has 164 valence electrons. The van der Waals surface area contributed by atoms with Gasteiger partial charge in [0.15, 0.2) is 6.35 Å². The van der Waals surface area contributed by atoms with Crippen LogP contribution >= 0.6 is 11.3 Å². The zero-order valence-electron chi connectivity index (χ0n) is 17.3. The van der Waals surface area contributed by atoms with Gasteiger partial charge in [-0.25, -0.2) is 4.98 Å². The van der Waals surface area contributed by atoms with Crippen molar-refractivity contribution in [3.8, 4) is 0 Å². The first-order chi connectivity index (χ1) is 14.1. The standard InChI is InChI=1S/C21H27F3N4OS/c1-14-11-16(21(22,23)24)25-12-15(14)28-13-19(26-18(28)29)6-8-20(9-7-19,27(2)3)17-5-4-10-30-17/h4-5,10-12,18,26,29H,6-9,13H2,1-3H3/t18?,19-,20-. The van der Waals surface area contributed by atoms with Crippen LogP contribution in [0.5, 0.6) is 0 Å². The molecule has 3 heterocycles. The molecule has 9 heteroatoms. The number of pyridine rings is 1. The Hall–Kier alpha value is -1.68. The average Bonchev–Trinajstić information content (AvgIpc) is 3.31. The van der Waals surface area contributed by atoms with E-state index in [-0.39, 0.29) is 11.1 Å². The molecule has 2 N–H and O–H groups in total. The summed E-state index contributed by atoms with van der Waals surface area (Å²) in [6.45, 7) is 2.16. The maximum atomic E-state index is 13.0. The minimum atomic E-state index is -4.48. The summed E-state index contributed by atoms with van der Waals surface area (Å²) >= 11 is 1.77. The smallest absolute Gasteiger partial charge is 0.361 e. The SMILES string of the molecule is Cc1cc(C(F)(F)F)ncc1N1C[C@]2(CC[C@@](c3cccs3)(N(C)C)CC2)NC1O. The molecule has 0 bridgehead atoms. The lowest BCUT2D eigenvalue weighted by Gasteiger charge is -2.48. The number of rotatable bonds is 3. The second-order valence-corrected chi connectivity index (χ2v) is 9.63. The molecule has 1 atom stereocenters. The van der Waals surface area contributed by atoms with E-state index < -0.39 is 18.2 Å². The number of alkyl halides is 3. The molecule has 2 aliphatic rings. The Kier molecular flexibility index (Phi) is 5.37. The zero-order valence-corrected chi connectivity index (χ0v) is 18.1. The Bertz CT molecular complexity index is 892. The summed E-state index contributed by atoms with van der Waals surface area (Å²) in [6.07, 6.45) is -0.589. The topological polar surface area (TPSA) is 51.6 Å². The quantitative estimate of drug-likeness (QED) is 0.758. The lowest BCUT2D eigenvalue weighted by molar-refractivity contribution is -0.141. The largest absolute Gasteiger partial charge is 0.433 e. The minimum Gasteiger partial charge on any atom is -0.361 e. The minimum absolute atomic E-state index is 0.0225. The van der Waals surface area contributed by atoms with Gasteiger partial charge in [0, 0.05) is 17.0 Å². The van der Waals surface area contributed by atoms with Crippen molar-refractivity contribution in [2.24, 2.45) is 0 Å². The van der Waals surface area contributed by atoms with Crippen molar-refractivity contribution in [2.75, 3.05) is 25.5 Å². The fourth-order valence-corrected chi connectivity index (χ4v) is 6.00. The number of hydrogen-bond acceptors (Lipinski definition) is 6. The molecule has 1 saturated carbocycles.